The van der Waals surface area contributed by atoms with Crippen LogP contribution < -0.4 is 5.32 Å². The second kappa shape index (κ2) is 8.12. The van der Waals surface area contributed by atoms with Crippen LogP contribution in [0.3, 0.4) is 0 Å². The molecule has 4 atom stereocenters. The molecule has 1 aromatic heterocycles. The lowest BCUT2D eigenvalue weighted by molar-refractivity contribution is 0.236. The van der Waals surface area contributed by atoms with Gasteiger partial charge in [0.15, 0.2) is 0 Å². The molecule has 0 amide bonds. The Labute approximate surface area is 185 Å². The van der Waals surface area contributed by atoms with Gasteiger partial charge in [-0.25, -0.2) is 4.98 Å². The van der Waals surface area contributed by atoms with Crippen LogP contribution in [0.1, 0.15) is 48.0 Å². The predicted octanol–water partition coefficient (Wildman–Crippen LogP) is 5.22. The lowest BCUT2D eigenvalue weighted by Crippen LogP contribution is -2.42. The van der Waals surface area contributed by atoms with Crippen molar-refractivity contribution in [3.05, 3.63) is 95.1 Å². The van der Waals surface area contributed by atoms with Crippen molar-refractivity contribution in [2.75, 3.05) is 6.54 Å². The fourth-order valence-corrected chi connectivity index (χ4v) is 6.18. The first-order chi connectivity index (χ1) is 15.4. The van der Waals surface area contributed by atoms with E-state index in [1.807, 2.05) is 0 Å². The molecule has 0 spiro atoms. The van der Waals surface area contributed by atoms with E-state index in [1.54, 1.807) is 0 Å². The second-order valence-electron chi connectivity index (χ2n) is 9.48. The Hall–Kier alpha value is -2.65. The van der Waals surface area contributed by atoms with E-state index in [2.05, 4.69) is 82.7 Å². The number of hydrogen-bond acceptors (Lipinski definition) is 2. The summed E-state index contributed by atoms with van der Waals surface area (Å²) >= 11 is 0. The number of nitrogens with one attached hydrogen (secondary N) is 1. The number of benzene rings is 1. The van der Waals surface area contributed by atoms with Crippen molar-refractivity contribution in [1.29, 1.82) is 0 Å². The Kier molecular flexibility index (Phi) is 5.00. The van der Waals surface area contributed by atoms with Crippen LogP contribution in [0.4, 0.5) is 0 Å². The molecule has 4 aliphatic rings. The van der Waals surface area contributed by atoms with E-state index in [1.165, 1.54) is 41.2 Å². The normalized spacial score (nSPS) is 29.0. The van der Waals surface area contributed by atoms with Crippen LogP contribution in [0.15, 0.2) is 72.4 Å². The molecule has 158 valence electrons. The van der Waals surface area contributed by atoms with Crippen molar-refractivity contribution >= 4 is 6.08 Å². The Morgan fingerprint density at radius 1 is 1.10 bits per heavy atom. The molecular formula is C28H31N3. The summed E-state index contributed by atoms with van der Waals surface area (Å²) in [6.07, 6.45) is 22.0. The molecule has 1 saturated heterocycles. The minimum absolute atomic E-state index is 0.444. The number of rotatable bonds is 3. The summed E-state index contributed by atoms with van der Waals surface area (Å²) in [7, 11) is 0. The number of imidazole rings is 1. The first-order valence-electron chi connectivity index (χ1n) is 11.9. The minimum Gasteiger partial charge on any atom is -0.327 e. The van der Waals surface area contributed by atoms with E-state index in [9.17, 15) is 0 Å². The average Bonchev–Trinajstić information content (AvgIpc) is 3.09. The van der Waals surface area contributed by atoms with Crippen LogP contribution in [-0.2, 0) is 19.4 Å². The third kappa shape index (κ3) is 3.55. The van der Waals surface area contributed by atoms with Gasteiger partial charge in [-0.15, -0.1) is 0 Å². The molecule has 3 heterocycles. The Bertz CT molecular complexity index is 1070. The number of hydrogen-bond donors (Lipinski definition) is 1. The molecule has 0 saturated carbocycles. The topological polar surface area (TPSA) is 29.9 Å². The SMILES string of the molecule is C1=CC2=CCn3c(nc4c3CCC=C4)C([C@@H]3CCN[C@H](Cc4ccccc4)C3)C2C=C1. The highest BCUT2D eigenvalue weighted by Crippen LogP contribution is 2.45. The molecule has 2 aromatic rings. The van der Waals surface area contributed by atoms with Crippen LogP contribution in [0.5, 0.6) is 0 Å². The van der Waals surface area contributed by atoms with Gasteiger partial charge >= 0.3 is 0 Å². The monoisotopic (exact) mass is 409 g/mol. The summed E-state index contributed by atoms with van der Waals surface area (Å²) in [6, 6.07) is 11.5. The van der Waals surface area contributed by atoms with Crippen molar-refractivity contribution in [3.63, 3.8) is 0 Å². The molecule has 1 fully saturated rings. The van der Waals surface area contributed by atoms with Gasteiger partial charge in [0.1, 0.15) is 5.82 Å². The number of aromatic nitrogens is 2. The fraction of sp³-hybridized carbons (Fsp3) is 0.393. The first kappa shape index (κ1) is 19.1. The number of piperidine rings is 1. The summed E-state index contributed by atoms with van der Waals surface area (Å²) < 4.78 is 2.56. The van der Waals surface area contributed by atoms with Crippen LogP contribution in [0, 0.1) is 11.8 Å². The highest BCUT2D eigenvalue weighted by Gasteiger charge is 2.39. The van der Waals surface area contributed by atoms with Gasteiger partial charge < -0.3 is 9.88 Å². The standard InChI is InChI=1S/C28H31N3/c1-2-8-20(9-3-1)18-23-19-22(14-16-29-23)27-24-11-5-4-10-21(24)15-17-31-26-13-7-6-12-25(26)30-28(27)31/h1-6,8-12,15,22-24,27,29H,7,13-14,16-19H2/t22-,23-,24?,27?/m1/s1. The predicted molar refractivity (Wildman–Crippen MR) is 127 cm³/mol. The van der Waals surface area contributed by atoms with Gasteiger partial charge in [-0.2, -0.15) is 0 Å². The zero-order valence-corrected chi connectivity index (χ0v) is 18.1. The molecule has 2 aliphatic carbocycles. The first-order valence-corrected chi connectivity index (χ1v) is 11.9. The molecule has 2 aliphatic heterocycles. The molecule has 2 unspecified atom stereocenters. The molecule has 0 bridgehead atoms. The van der Waals surface area contributed by atoms with Gasteiger partial charge in [0.05, 0.1) is 5.69 Å². The highest BCUT2D eigenvalue weighted by atomic mass is 15.1. The lowest BCUT2D eigenvalue weighted by Gasteiger charge is -2.38. The van der Waals surface area contributed by atoms with Gasteiger partial charge in [0.25, 0.3) is 0 Å². The molecule has 3 nitrogen and oxygen atoms in total. The average molecular weight is 410 g/mol. The fourth-order valence-electron chi connectivity index (χ4n) is 6.18. The molecule has 3 heteroatoms. The summed E-state index contributed by atoms with van der Waals surface area (Å²) in [4.78, 5) is 5.27. The van der Waals surface area contributed by atoms with Gasteiger partial charge in [0.2, 0.25) is 0 Å². The van der Waals surface area contributed by atoms with Gasteiger partial charge in [-0.3, -0.25) is 0 Å². The number of allylic oxidation sites excluding steroid dienone is 7. The van der Waals surface area contributed by atoms with Gasteiger partial charge in [-0.1, -0.05) is 66.8 Å². The quantitative estimate of drug-likeness (QED) is 0.753. The maximum Gasteiger partial charge on any atom is 0.114 e. The zero-order chi connectivity index (χ0) is 20.6. The van der Waals surface area contributed by atoms with Gasteiger partial charge in [-0.05, 0) is 61.8 Å². The van der Waals surface area contributed by atoms with Crippen molar-refractivity contribution in [2.24, 2.45) is 11.8 Å². The van der Waals surface area contributed by atoms with Crippen LogP contribution in [-0.4, -0.2) is 22.1 Å². The van der Waals surface area contributed by atoms with Crippen molar-refractivity contribution in [1.82, 2.24) is 14.9 Å². The van der Waals surface area contributed by atoms with Crippen LogP contribution >= 0.6 is 0 Å². The molecular weight excluding hydrogens is 378 g/mol. The largest absolute Gasteiger partial charge is 0.327 e. The van der Waals surface area contributed by atoms with Crippen LogP contribution in [0.2, 0.25) is 0 Å². The number of nitrogens with zero attached hydrogens (tertiary/aromatic N) is 2. The zero-order valence-electron chi connectivity index (χ0n) is 18.1. The summed E-state index contributed by atoms with van der Waals surface area (Å²) in [6.45, 7) is 2.06. The van der Waals surface area contributed by atoms with E-state index in [0.717, 1.165) is 32.4 Å². The van der Waals surface area contributed by atoms with E-state index in [0.29, 0.717) is 23.8 Å². The van der Waals surface area contributed by atoms with Crippen molar-refractivity contribution < 1.29 is 0 Å². The van der Waals surface area contributed by atoms with Crippen molar-refractivity contribution in [3.8, 4) is 0 Å². The highest BCUT2D eigenvalue weighted by molar-refractivity contribution is 5.52. The van der Waals surface area contributed by atoms with Crippen molar-refractivity contribution in [2.45, 2.75) is 50.6 Å². The smallest absolute Gasteiger partial charge is 0.114 e. The molecule has 1 aromatic carbocycles. The van der Waals surface area contributed by atoms with E-state index < -0.39 is 0 Å². The second-order valence-corrected chi connectivity index (χ2v) is 9.48. The number of fused-ring (bicyclic) bond motifs is 4. The lowest BCUT2D eigenvalue weighted by atomic mass is 9.71. The summed E-state index contributed by atoms with van der Waals surface area (Å²) in [5, 5.41) is 3.81. The van der Waals surface area contributed by atoms with Crippen LogP contribution in [0.25, 0.3) is 6.08 Å². The molecule has 0 radical (unpaired) electrons. The third-order valence-electron chi connectivity index (χ3n) is 7.62. The summed E-state index contributed by atoms with van der Waals surface area (Å²) in [5.74, 6) is 2.87. The van der Waals surface area contributed by atoms with Gasteiger partial charge in [0, 0.05) is 30.1 Å². The Morgan fingerprint density at radius 2 is 2.03 bits per heavy atom. The van der Waals surface area contributed by atoms with E-state index >= 15 is 0 Å². The molecule has 6 rings (SSSR count). The Balaban J connectivity index is 1.36. The third-order valence-corrected chi connectivity index (χ3v) is 7.62. The van der Waals surface area contributed by atoms with E-state index in [4.69, 9.17) is 4.98 Å². The minimum atomic E-state index is 0.444. The van der Waals surface area contributed by atoms with E-state index in [-0.39, 0.29) is 0 Å². The Morgan fingerprint density at radius 3 is 2.97 bits per heavy atom. The maximum atomic E-state index is 5.27. The molecule has 1 N–H and O–H groups in total. The maximum absolute atomic E-state index is 5.27. The molecule has 31 heavy (non-hydrogen) atoms. The summed E-state index contributed by atoms with van der Waals surface area (Å²) in [5.41, 5.74) is 5.58.